The number of allylic oxidation sites excluding steroid dienone is 3. The maximum atomic E-state index is 14.2. The first-order chi connectivity index (χ1) is 26.4. The highest BCUT2D eigenvalue weighted by Crippen LogP contribution is 2.61. The van der Waals surface area contributed by atoms with Gasteiger partial charge in [-0.1, -0.05) is 69.3 Å². The molecule has 12 heteroatoms. The minimum absolute atomic E-state index is 0.0204. The second kappa shape index (κ2) is 18.3. The monoisotopic (exact) mass is 791 g/mol. The molecule has 2 aromatic carbocycles. The summed E-state index contributed by atoms with van der Waals surface area (Å²) in [6.45, 7) is 13.2. The molecule has 3 saturated carbocycles. The molecule has 0 aromatic heterocycles. The van der Waals surface area contributed by atoms with Crippen LogP contribution in [-0.4, -0.2) is 109 Å². The predicted octanol–water partition coefficient (Wildman–Crippen LogP) is 5.27. The van der Waals surface area contributed by atoms with Crippen molar-refractivity contribution in [1.29, 1.82) is 0 Å². The number of hydrogen-bond acceptors (Lipinski definition) is 9. The lowest BCUT2D eigenvalue weighted by Gasteiger charge is -2.62. The molecule has 2 amide bonds. The number of amides is 2. The fourth-order valence-electron chi connectivity index (χ4n) is 8.98. The van der Waals surface area contributed by atoms with Crippen LogP contribution in [-0.2, 0) is 27.4 Å². The molecule has 0 spiro atoms. The number of carbonyl (C=O) groups is 2. The largest absolute Gasteiger partial charge is 0.496 e. The van der Waals surface area contributed by atoms with Crippen molar-refractivity contribution in [1.82, 2.24) is 25.5 Å². The number of hydrogen-bond donors (Lipinski definition) is 4. The lowest BCUT2D eigenvalue weighted by atomic mass is 9.45. The number of benzene rings is 2. The average Bonchev–Trinajstić information content (AvgIpc) is 3.47. The van der Waals surface area contributed by atoms with E-state index in [0.29, 0.717) is 58.0 Å². The van der Waals surface area contributed by atoms with Crippen molar-refractivity contribution < 1.29 is 29.4 Å². The number of rotatable bonds is 16. The van der Waals surface area contributed by atoms with E-state index in [0.717, 1.165) is 12.0 Å². The molecule has 2 aromatic rings. The van der Waals surface area contributed by atoms with Crippen molar-refractivity contribution in [3.8, 4) is 5.75 Å². The van der Waals surface area contributed by atoms with Gasteiger partial charge in [0.2, 0.25) is 11.8 Å². The SMILES string of the molecule is C=C(/C=C(\C=C\C(=O)N[C@@H](Cc1ccccc1)CN(C)C)c1ccc(Cl)c(CN2OC(O)[C@@H]([C@H](C)O)[C@H]2C(=O)N[C@H]2C[C@H]3C[C@@H]([C@@H]2C)C3(C)C)c1OC)N(C)C. The van der Waals surface area contributed by atoms with E-state index in [2.05, 4.69) is 50.1 Å². The Labute approximate surface area is 338 Å². The predicted molar refractivity (Wildman–Crippen MR) is 221 cm³/mol. The highest BCUT2D eigenvalue weighted by molar-refractivity contribution is 6.31. The molecule has 2 bridgehead atoms. The molecule has 11 nitrogen and oxygen atoms in total. The summed E-state index contributed by atoms with van der Waals surface area (Å²) in [5.74, 6) is 0.261. The van der Waals surface area contributed by atoms with E-state index in [1.54, 1.807) is 19.1 Å². The maximum Gasteiger partial charge on any atom is 0.244 e. The summed E-state index contributed by atoms with van der Waals surface area (Å²) in [5, 5.41) is 30.1. The van der Waals surface area contributed by atoms with Gasteiger partial charge >= 0.3 is 0 Å². The Bertz CT molecular complexity index is 1780. The average molecular weight is 792 g/mol. The Balaban J connectivity index is 1.43. The standard InChI is InChI=1S/C44H62ClN5O6/c1-26(49(8)9)20-30(16-19-38(52)46-32(24-48(6)7)21-29-14-12-11-13-15-29)33-17-18-36(45)34(41(33)55-10)25-50-40(39(28(3)51)43(54)56-50)42(53)47-37-23-31-22-35(27(37)2)44(31,4)5/h11-20,27-28,31-32,35,37,39-40,43,51,54H,1,21-25H2,2-10H3,(H,46,52)(H,47,53)/b19-16+,30-20+/t27-,28-,31+,32-,35-,37-,39-,40-,43?/m0/s1. The molecule has 9 atom stereocenters. The summed E-state index contributed by atoms with van der Waals surface area (Å²) >= 11 is 6.89. The molecule has 3 aliphatic carbocycles. The number of fused-ring (bicyclic) bond motifs is 2. The lowest BCUT2D eigenvalue weighted by molar-refractivity contribution is -0.231. The number of aliphatic hydroxyl groups is 2. The molecule has 1 unspecified atom stereocenters. The Morgan fingerprint density at radius 2 is 1.82 bits per heavy atom. The summed E-state index contributed by atoms with van der Waals surface area (Å²) in [6, 6.07) is 12.4. The molecule has 1 saturated heterocycles. The first-order valence-corrected chi connectivity index (χ1v) is 20.0. The van der Waals surface area contributed by atoms with Crippen LogP contribution >= 0.6 is 11.6 Å². The van der Waals surface area contributed by atoms with Gasteiger partial charge in [0.15, 0.2) is 6.29 Å². The number of halogens is 1. The van der Waals surface area contributed by atoms with Gasteiger partial charge in [0.1, 0.15) is 11.8 Å². The molecule has 1 heterocycles. The van der Waals surface area contributed by atoms with E-state index in [9.17, 15) is 19.8 Å². The number of ether oxygens (including phenoxy) is 1. The van der Waals surface area contributed by atoms with E-state index < -0.39 is 24.4 Å². The lowest BCUT2D eigenvalue weighted by Crippen LogP contribution is -2.62. The number of hydroxylamine groups is 2. The third-order valence-electron chi connectivity index (χ3n) is 12.4. The van der Waals surface area contributed by atoms with Crippen molar-refractivity contribution in [2.75, 3.05) is 41.8 Å². The Kier molecular flexibility index (Phi) is 14.2. The van der Waals surface area contributed by atoms with Crippen molar-refractivity contribution in [2.45, 2.75) is 84.0 Å². The number of likely N-dealkylation sites (N-methyl/N-ethyl adjacent to an activating group) is 2. The van der Waals surface area contributed by atoms with Crippen molar-refractivity contribution in [2.24, 2.45) is 29.1 Å². The zero-order chi connectivity index (χ0) is 41.1. The molecule has 306 valence electrons. The molecule has 1 aliphatic heterocycles. The van der Waals surface area contributed by atoms with E-state index >= 15 is 0 Å². The van der Waals surface area contributed by atoms with Crippen LogP contribution in [0.1, 0.15) is 57.2 Å². The third-order valence-corrected chi connectivity index (χ3v) is 12.7. The highest BCUT2D eigenvalue weighted by Gasteiger charge is 2.57. The highest BCUT2D eigenvalue weighted by atomic mass is 35.5. The molecule has 0 radical (unpaired) electrons. The summed E-state index contributed by atoms with van der Waals surface area (Å²) < 4.78 is 6.04. The van der Waals surface area contributed by atoms with Crippen LogP contribution < -0.4 is 15.4 Å². The second-order valence-electron chi connectivity index (χ2n) is 17.0. The van der Waals surface area contributed by atoms with Crippen LogP contribution in [0.3, 0.4) is 0 Å². The van der Waals surface area contributed by atoms with Gasteiger partial charge < -0.3 is 35.4 Å². The second-order valence-corrected chi connectivity index (χ2v) is 17.4. The smallest absolute Gasteiger partial charge is 0.244 e. The van der Waals surface area contributed by atoms with Crippen molar-refractivity contribution in [3.05, 3.63) is 94.7 Å². The van der Waals surface area contributed by atoms with Crippen molar-refractivity contribution in [3.63, 3.8) is 0 Å². The van der Waals surface area contributed by atoms with Gasteiger partial charge in [0.25, 0.3) is 0 Å². The Hall–Kier alpha value is -3.71. The molecule has 56 heavy (non-hydrogen) atoms. The zero-order valence-corrected chi connectivity index (χ0v) is 35.2. The molecule has 4 N–H and O–H groups in total. The summed E-state index contributed by atoms with van der Waals surface area (Å²) in [5.41, 5.74) is 3.82. The zero-order valence-electron chi connectivity index (χ0n) is 34.5. The quantitative estimate of drug-likeness (QED) is 0.133. The summed E-state index contributed by atoms with van der Waals surface area (Å²) in [4.78, 5) is 37.5. The molecular weight excluding hydrogens is 730 g/mol. The van der Waals surface area contributed by atoms with E-state index in [-0.39, 0.29) is 41.8 Å². The number of nitrogens with one attached hydrogen (secondary N) is 2. The maximum absolute atomic E-state index is 14.2. The Morgan fingerprint density at radius 3 is 2.41 bits per heavy atom. The molecule has 6 rings (SSSR count). The minimum atomic E-state index is -1.42. The van der Waals surface area contributed by atoms with Gasteiger partial charge in [0, 0.05) is 60.6 Å². The first kappa shape index (κ1) is 43.4. The normalized spacial score (nSPS) is 27.1. The van der Waals surface area contributed by atoms with Crippen LogP contribution in [0, 0.1) is 29.1 Å². The summed E-state index contributed by atoms with van der Waals surface area (Å²) in [6.07, 6.45) is 5.35. The summed E-state index contributed by atoms with van der Waals surface area (Å²) in [7, 11) is 9.24. The van der Waals surface area contributed by atoms with Gasteiger partial charge in [-0.15, -0.1) is 0 Å². The number of carbonyl (C=O) groups excluding carboxylic acids is 2. The topological polar surface area (TPSA) is 127 Å². The molecular formula is C44H62ClN5O6. The van der Waals surface area contributed by atoms with Gasteiger partial charge in [-0.25, -0.2) is 0 Å². The van der Waals surface area contributed by atoms with Crippen LogP contribution in [0.5, 0.6) is 5.75 Å². The number of aliphatic hydroxyl groups excluding tert-OH is 2. The van der Waals surface area contributed by atoms with Gasteiger partial charge in [-0.3, -0.25) is 14.4 Å². The van der Waals surface area contributed by atoms with E-state index in [4.69, 9.17) is 21.2 Å². The van der Waals surface area contributed by atoms with Crippen molar-refractivity contribution >= 4 is 29.0 Å². The minimum Gasteiger partial charge on any atom is -0.496 e. The number of nitrogens with zero attached hydrogens (tertiary/aromatic N) is 3. The fourth-order valence-corrected chi connectivity index (χ4v) is 9.19. The third kappa shape index (κ3) is 9.69. The fraction of sp³-hybridized carbons (Fsp3) is 0.545. The number of methoxy groups -OCH3 is 1. The van der Waals surface area contributed by atoms with Crippen LogP contribution in [0.25, 0.3) is 5.57 Å². The van der Waals surface area contributed by atoms with Crippen LogP contribution in [0.2, 0.25) is 5.02 Å². The van der Waals surface area contributed by atoms with Gasteiger partial charge in [-0.2, -0.15) is 5.06 Å². The molecule has 4 aliphatic rings. The first-order valence-electron chi connectivity index (χ1n) is 19.6. The van der Waals surface area contributed by atoms with Gasteiger partial charge in [-0.05, 0) is 98.9 Å². The van der Waals surface area contributed by atoms with E-state index in [1.165, 1.54) is 24.7 Å². The van der Waals surface area contributed by atoms with Crippen LogP contribution in [0.15, 0.2) is 73.0 Å². The van der Waals surface area contributed by atoms with Gasteiger partial charge in [0.05, 0.1) is 25.7 Å². The Morgan fingerprint density at radius 1 is 1.12 bits per heavy atom. The van der Waals surface area contributed by atoms with Crippen LogP contribution in [0.4, 0.5) is 0 Å². The molecule has 4 fully saturated rings. The van der Waals surface area contributed by atoms with E-state index in [1.807, 2.05) is 68.3 Å².